The number of benzene rings is 1. The lowest BCUT2D eigenvalue weighted by atomic mass is 10.1. The fourth-order valence-electron chi connectivity index (χ4n) is 1.19. The van der Waals surface area contributed by atoms with Crippen LogP contribution in [0.5, 0.6) is 0 Å². The van der Waals surface area contributed by atoms with Gasteiger partial charge in [-0.2, -0.15) is 4.21 Å². The van der Waals surface area contributed by atoms with E-state index in [1.165, 1.54) is 0 Å². The fraction of sp³-hybridized carbons (Fsp3) is 0.333. The lowest BCUT2D eigenvalue weighted by Crippen LogP contribution is -2.00. The van der Waals surface area contributed by atoms with Crippen LogP contribution in [0, 0.1) is 0 Å². The third-order valence-electron chi connectivity index (χ3n) is 1.88. The molecule has 0 unspecified atom stereocenters. The molecular weight excluding hydrogens is 234 g/mol. The molecule has 4 nitrogen and oxygen atoms in total. The number of para-hydroxylation sites is 1. The molecule has 0 aliphatic carbocycles. The lowest BCUT2D eigenvalue weighted by Gasteiger charge is -2.01. The highest BCUT2D eigenvalue weighted by Gasteiger charge is 2.09. The van der Waals surface area contributed by atoms with Crippen LogP contribution in [-0.4, -0.2) is 19.1 Å². The highest BCUT2D eigenvalue weighted by Crippen LogP contribution is 2.12. The molecule has 6 heteroatoms. The average Bonchev–Trinajstić information content (AvgIpc) is 2.13. The smallest absolute Gasteiger partial charge is 0.399 e. The Morgan fingerprint density at radius 2 is 2.00 bits per heavy atom. The van der Waals surface area contributed by atoms with Gasteiger partial charge in [-0.25, -0.2) is 0 Å². The molecule has 84 valence electrons. The first-order valence-electron chi connectivity index (χ1n) is 4.46. The van der Waals surface area contributed by atoms with E-state index >= 15 is 0 Å². The number of hydrogen-bond acceptors (Lipinski definition) is 2. The summed E-state index contributed by atoms with van der Waals surface area (Å²) < 4.78 is 27.7. The first kappa shape index (κ1) is 12.4. The van der Waals surface area contributed by atoms with Crippen molar-refractivity contribution < 1.29 is 13.3 Å². The van der Waals surface area contributed by atoms with Crippen LogP contribution in [0.4, 0.5) is 5.69 Å². The van der Waals surface area contributed by atoms with Gasteiger partial charge in [-0.3, -0.25) is 9.11 Å². The topological polar surface area (TPSA) is 83.6 Å². The molecule has 0 saturated carbocycles. The maximum atomic E-state index is 10.5. The van der Waals surface area contributed by atoms with Gasteiger partial charge < -0.3 is 5.73 Å². The van der Waals surface area contributed by atoms with Gasteiger partial charge in [0.25, 0.3) is 10.3 Å². The molecule has 0 aromatic heterocycles. The van der Waals surface area contributed by atoms with Crippen molar-refractivity contribution in [3.05, 3.63) is 29.8 Å². The highest BCUT2D eigenvalue weighted by atomic mass is 32.9. The monoisotopic (exact) mass is 248 g/mol. The average molecular weight is 248 g/mol. The summed E-state index contributed by atoms with van der Waals surface area (Å²) in [5.74, 6) is 0.431. The van der Waals surface area contributed by atoms with E-state index in [4.69, 9.17) is 14.8 Å². The van der Waals surface area contributed by atoms with Gasteiger partial charge in [0.2, 0.25) is 0 Å². The van der Waals surface area contributed by atoms with Crippen LogP contribution in [0.3, 0.4) is 0 Å². The first-order valence-corrected chi connectivity index (χ1v) is 7.43. The predicted octanol–water partition coefficient (Wildman–Crippen LogP) is 1.43. The van der Waals surface area contributed by atoms with E-state index in [-0.39, 0.29) is 0 Å². The highest BCUT2D eigenvalue weighted by molar-refractivity contribution is 8.34. The second kappa shape index (κ2) is 5.41. The summed E-state index contributed by atoms with van der Waals surface area (Å²) in [5, 5.41) is 0. The lowest BCUT2D eigenvalue weighted by molar-refractivity contribution is 0.450. The van der Waals surface area contributed by atoms with Gasteiger partial charge in [0.05, 0.1) is 0 Å². The van der Waals surface area contributed by atoms with Gasteiger partial charge in [0.1, 0.15) is 0 Å². The van der Waals surface area contributed by atoms with Crippen molar-refractivity contribution in [3.63, 3.8) is 0 Å². The van der Waals surface area contributed by atoms with Gasteiger partial charge in [-0.05, 0) is 18.1 Å². The zero-order chi connectivity index (χ0) is 11.3. The number of nitrogen functional groups attached to an aromatic ring is 1. The largest absolute Gasteiger partial charge is 0.430 e. The number of anilines is 1. The molecule has 0 atom stereocenters. The van der Waals surface area contributed by atoms with Crippen LogP contribution in [0.25, 0.3) is 0 Å². The second-order valence-electron chi connectivity index (χ2n) is 3.07. The molecule has 15 heavy (non-hydrogen) atoms. The summed E-state index contributed by atoms with van der Waals surface area (Å²) in [6.07, 6.45) is 1.45. The van der Waals surface area contributed by atoms with Crippen molar-refractivity contribution in [2.24, 2.45) is 0 Å². The van der Waals surface area contributed by atoms with Crippen LogP contribution in [0.2, 0.25) is 0 Å². The number of aryl methyl sites for hydroxylation is 1. The molecule has 1 rings (SSSR count). The normalized spacial score (nSPS) is 11.3. The molecule has 1 aromatic carbocycles. The molecule has 1 aromatic rings. The zero-order valence-corrected chi connectivity index (χ0v) is 9.76. The van der Waals surface area contributed by atoms with E-state index in [1.807, 2.05) is 24.3 Å². The minimum Gasteiger partial charge on any atom is -0.399 e. The van der Waals surface area contributed by atoms with Crippen molar-refractivity contribution in [2.75, 3.05) is 11.5 Å². The molecule has 0 heterocycles. The van der Waals surface area contributed by atoms with Crippen LogP contribution in [0.1, 0.15) is 12.0 Å². The van der Waals surface area contributed by atoms with Gasteiger partial charge in [-0.15, -0.1) is 0 Å². The third-order valence-corrected chi connectivity index (χ3v) is 4.07. The van der Waals surface area contributed by atoms with Crippen molar-refractivity contribution >= 4 is 25.1 Å². The van der Waals surface area contributed by atoms with Crippen LogP contribution < -0.4 is 5.73 Å². The van der Waals surface area contributed by atoms with Crippen LogP contribution in [-0.2, 0) is 25.8 Å². The molecule has 0 amide bonds. The summed E-state index contributed by atoms with van der Waals surface area (Å²) in [5.41, 5.74) is 7.49. The predicted molar refractivity (Wildman–Crippen MR) is 64.8 cm³/mol. The number of hydrogen-bond donors (Lipinski definition) is 3. The van der Waals surface area contributed by atoms with Gasteiger partial charge >= 0.3 is 9.05 Å². The molecule has 4 N–H and O–H groups in total. The molecular formula is C9H14NO3S2+. The Labute approximate surface area is 92.8 Å². The van der Waals surface area contributed by atoms with E-state index in [2.05, 4.69) is 0 Å². The molecule has 0 fully saturated rings. The Hall–Kier alpha value is -0.690. The molecule has 0 radical (unpaired) electrons. The van der Waals surface area contributed by atoms with Crippen LogP contribution in [0.15, 0.2) is 24.3 Å². The molecule has 0 spiro atoms. The molecule has 0 aliphatic rings. The maximum Gasteiger partial charge on any atom is 0.430 e. The Morgan fingerprint density at radius 3 is 2.60 bits per heavy atom. The van der Waals surface area contributed by atoms with E-state index in [0.717, 1.165) is 17.7 Å². The third kappa shape index (κ3) is 5.08. The Kier molecular flexibility index (Phi) is 4.46. The van der Waals surface area contributed by atoms with E-state index < -0.39 is 9.05 Å². The number of rotatable bonds is 4. The van der Waals surface area contributed by atoms with E-state index in [9.17, 15) is 4.21 Å². The van der Waals surface area contributed by atoms with Gasteiger partial charge in [0, 0.05) is 12.1 Å². The Balaban J connectivity index is 2.46. The zero-order valence-electron chi connectivity index (χ0n) is 8.13. The molecule has 0 saturated heterocycles. The summed E-state index contributed by atoms with van der Waals surface area (Å²) in [6, 6.07) is 7.51. The van der Waals surface area contributed by atoms with E-state index in [1.54, 1.807) is 0 Å². The number of nitrogens with two attached hydrogens (primary N) is 1. The molecule has 0 aliphatic heterocycles. The second-order valence-corrected chi connectivity index (χ2v) is 6.62. The van der Waals surface area contributed by atoms with Crippen molar-refractivity contribution in [1.82, 2.24) is 0 Å². The van der Waals surface area contributed by atoms with E-state index in [0.29, 0.717) is 22.5 Å². The fourth-order valence-corrected chi connectivity index (χ4v) is 2.68. The first-order chi connectivity index (χ1) is 6.99. The SMILES string of the molecule is Nc1ccccc1CCC[S+]=S(=O)(O)O. The quantitative estimate of drug-likeness (QED) is 0.427. The Morgan fingerprint density at radius 1 is 1.33 bits per heavy atom. The maximum absolute atomic E-state index is 10.5. The summed E-state index contributed by atoms with van der Waals surface area (Å²) in [6.45, 7) is 0. The summed E-state index contributed by atoms with van der Waals surface area (Å²) >= 11 is 0. The standard InChI is InChI=1S/C9H13NO3S2/c10-9-6-2-1-4-8(9)5-3-7-14-15(11,12)13/h1-2,4,6H,3,5,7,10H2,(H-,11,12,13)/p+1. The van der Waals surface area contributed by atoms with Crippen molar-refractivity contribution in [2.45, 2.75) is 12.8 Å². The summed E-state index contributed by atoms with van der Waals surface area (Å²) in [4.78, 5) is 0. The van der Waals surface area contributed by atoms with Crippen molar-refractivity contribution in [3.8, 4) is 0 Å². The molecule has 0 bridgehead atoms. The Bertz CT molecular complexity index is 431. The van der Waals surface area contributed by atoms with Gasteiger partial charge in [0.15, 0.2) is 5.75 Å². The minimum atomic E-state index is -3.65. The summed E-state index contributed by atoms with van der Waals surface area (Å²) in [7, 11) is -3.00. The van der Waals surface area contributed by atoms with Crippen molar-refractivity contribution in [1.29, 1.82) is 0 Å². The van der Waals surface area contributed by atoms with Gasteiger partial charge in [-0.1, -0.05) is 18.2 Å². The minimum absolute atomic E-state index is 0.431. The van der Waals surface area contributed by atoms with Crippen LogP contribution >= 0.6 is 0 Å².